The van der Waals surface area contributed by atoms with Crippen LogP contribution in [0.1, 0.15) is 30.7 Å². The molecule has 3 aliphatic carbocycles. The van der Waals surface area contributed by atoms with E-state index >= 15 is 0 Å². The van der Waals surface area contributed by atoms with E-state index in [1.807, 2.05) is 0 Å². The molecule has 0 aliphatic heterocycles. The van der Waals surface area contributed by atoms with Crippen molar-refractivity contribution in [3.63, 3.8) is 0 Å². The first-order valence-electron chi connectivity index (χ1n) is 7.20. The molecular formula is C13H19N3O3S. The van der Waals surface area contributed by atoms with E-state index in [2.05, 4.69) is 14.9 Å². The number of H-pyrrole nitrogens is 1. The number of aliphatic hydroxyl groups excluding tert-OH is 1. The topological polar surface area (TPSA) is 95.1 Å². The van der Waals surface area contributed by atoms with Crippen molar-refractivity contribution >= 4 is 10.0 Å². The predicted octanol–water partition coefficient (Wildman–Crippen LogP) is 0.533. The summed E-state index contributed by atoms with van der Waals surface area (Å²) in [5, 5.41) is 15.7. The summed E-state index contributed by atoms with van der Waals surface area (Å²) in [6.07, 6.45) is 3.81. The van der Waals surface area contributed by atoms with E-state index < -0.39 is 10.0 Å². The number of nitrogens with zero attached hydrogens (tertiary/aromatic N) is 1. The molecule has 2 bridgehead atoms. The molecule has 3 aliphatic rings. The molecule has 4 rings (SSSR count). The molecule has 0 aromatic carbocycles. The highest BCUT2D eigenvalue weighted by Crippen LogP contribution is 2.65. The third-order valence-electron chi connectivity index (χ3n) is 5.41. The van der Waals surface area contributed by atoms with Gasteiger partial charge in [-0.1, -0.05) is 0 Å². The molecule has 3 N–H and O–H groups in total. The molecule has 0 spiro atoms. The molecule has 1 aromatic rings. The number of aromatic nitrogens is 2. The summed E-state index contributed by atoms with van der Waals surface area (Å²) in [5.74, 6) is 2.54. The maximum absolute atomic E-state index is 12.5. The van der Waals surface area contributed by atoms with Crippen molar-refractivity contribution in [1.82, 2.24) is 14.9 Å². The highest BCUT2D eigenvalue weighted by Gasteiger charge is 2.65. The van der Waals surface area contributed by atoms with Crippen molar-refractivity contribution in [2.24, 2.45) is 23.7 Å². The first kappa shape index (κ1) is 12.8. The van der Waals surface area contributed by atoms with E-state index in [9.17, 15) is 13.5 Å². The number of hydrogen-bond donors (Lipinski definition) is 3. The van der Waals surface area contributed by atoms with E-state index in [1.54, 1.807) is 6.92 Å². The summed E-state index contributed by atoms with van der Waals surface area (Å²) in [7, 11) is -3.59. The van der Waals surface area contributed by atoms with Crippen LogP contribution in [-0.2, 0) is 16.6 Å². The minimum Gasteiger partial charge on any atom is -0.390 e. The van der Waals surface area contributed by atoms with Gasteiger partial charge in [-0.25, -0.2) is 13.1 Å². The van der Waals surface area contributed by atoms with Gasteiger partial charge < -0.3 is 5.11 Å². The Balaban J connectivity index is 1.58. The number of aryl methyl sites for hydroxylation is 1. The van der Waals surface area contributed by atoms with Crippen LogP contribution in [0.3, 0.4) is 0 Å². The molecule has 7 heteroatoms. The average molecular weight is 297 g/mol. The van der Waals surface area contributed by atoms with Gasteiger partial charge in [-0.3, -0.25) is 5.10 Å². The fourth-order valence-corrected chi connectivity index (χ4v) is 6.31. The van der Waals surface area contributed by atoms with Crippen LogP contribution >= 0.6 is 0 Å². The van der Waals surface area contributed by atoms with Crippen LogP contribution in [-0.4, -0.2) is 29.8 Å². The van der Waals surface area contributed by atoms with Crippen molar-refractivity contribution in [2.75, 3.05) is 0 Å². The molecule has 1 heterocycles. The first-order chi connectivity index (χ1) is 9.53. The lowest BCUT2D eigenvalue weighted by atomic mass is 10.0. The van der Waals surface area contributed by atoms with Crippen molar-refractivity contribution < 1.29 is 13.5 Å². The Morgan fingerprint density at radius 1 is 1.35 bits per heavy atom. The Kier molecular flexibility index (Phi) is 2.59. The summed E-state index contributed by atoms with van der Waals surface area (Å²) in [5.41, 5.74) is 0.680. The van der Waals surface area contributed by atoms with Crippen LogP contribution in [0.15, 0.2) is 4.90 Å². The van der Waals surface area contributed by atoms with Gasteiger partial charge in [0.25, 0.3) is 0 Å². The zero-order valence-corrected chi connectivity index (χ0v) is 12.2. The van der Waals surface area contributed by atoms with E-state index in [1.165, 1.54) is 19.3 Å². The van der Waals surface area contributed by atoms with Crippen LogP contribution in [0.5, 0.6) is 0 Å². The lowest BCUT2D eigenvalue weighted by Crippen LogP contribution is -2.31. The Hall–Kier alpha value is -0.920. The molecule has 1 aromatic heterocycles. The molecule has 4 unspecified atom stereocenters. The molecule has 3 fully saturated rings. The number of fused-ring (bicyclic) bond motifs is 5. The van der Waals surface area contributed by atoms with Gasteiger partial charge in [-0.2, -0.15) is 5.10 Å². The highest BCUT2D eigenvalue weighted by atomic mass is 32.2. The molecule has 20 heavy (non-hydrogen) atoms. The SMILES string of the molecule is Cc1[nH]nc(CO)c1S(=O)(=O)NC1C2C3CCC(C3)C12. The van der Waals surface area contributed by atoms with Gasteiger partial charge in [0.1, 0.15) is 10.6 Å². The minimum atomic E-state index is -3.59. The largest absolute Gasteiger partial charge is 0.390 e. The number of aromatic amines is 1. The van der Waals surface area contributed by atoms with Gasteiger partial charge in [0.15, 0.2) is 0 Å². The third-order valence-corrected chi connectivity index (χ3v) is 7.07. The Labute approximate surface area is 118 Å². The number of nitrogens with one attached hydrogen (secondary N) is 2. The van der Waals surface area contributed by atoms with E-state index in [0.29, 0.717) is 17.5 Å². The summed E-state index contributed by atoms with van der Waals surface area (Å²) >= 11 is 0. The molecule has 0 radical (unpaired) electrons. The van der Waals surface area contributed by atoms with Crippen molar-refractivity contribution in [1.29, 1.82) is 0 Å². The van der Waals surface area contributed by atoms with Crippen LogP contribution in [0, 0.1) is 30.6 Å². The standard InChI is InChI=1S/C13H19N3O3S/c1-6-13(9(5-17)15-14-6)20(18,19)16-12-10-7-2-3-8(4-7)11(10)12/h7-8,10-12,16-17H,2-5H2,1H3,(H,14,15). The van der Waals surface area contributed by atoms with Crippen LogP contribution in [0.4, 0.5) is 0 Å². The lowest BCUT2D eigenvalue weighted by molar-refractivity contribution is 0.273. The van der Waals surface area contributed by atoms with Crippen molar-refractivity contribution in [3.05, 3.63) is 11.4 Å². The van der Waals surface area contributed by atoms with Crippen molar-refractivity contribution in [2.45, 2.75) is 43.7 Å². The lowest BCUT2D eigenvalue weighted by Gasteiger charge is -2.11. The Morgan fingerprint density at radius 3 is 2.60 bits per heavy atom. The first-order valence-corrected chi connectivity index (χ1v) is 8.68. The number of aliphatic hydroxyl groups is 1. The molecule has 0 saturated heterocycles. The molecule has 6 nitrogen and oxygen atoms in total. The van der Waals surface area contributed by atoms with E-state index in [0.717, 1.165) is 11.8 Å². The average Bonchev–Trinajstić information content (AvgIpc) is 2.81. The van der Waals surface area contributed by atoms with Crippen LogP contribution < -0.4 is 4.72 Å². The number of hydrogen-bond acceptors (Lipinski definition) is 4. The normalized spacial score (nSPS) is 38.2. The maximum Gasteiger partial charge on any atom is 0.244 e. The van der Waals surface area contributed by atoms with Gasteiger partial charge in [0.2, 0.25) is 10.0 Å². The third kappa shape index (κ3) is 1.63. The second-order valence-corrected chi connectivity index (χ2v) is 8.07. The van der Waals surface area contributed by atoms with Gasteiger partial charge in [0.05, 0.1) is 12.3 Å². The Morgan fingerprint density at radius 2 is 2.00 bits per heavy atom. The zero-order valence-electron chi connectivity index (χ0n) is 11.3. The summed E-state index contributed by atoms with van der Waals surface area (Å²) in [6.45, 7) is 1.29. The van der Waals surface area contributed by atoms with Crippen LogP contribution in [0.25, 0.3) is 0 Å². The molecule has 4 atom stereocenters. The number of sulfonamides is 1. The number of rotatable bonds is 4. The fourth-order valence-electron chi connectivity index (χ4n) is 4.65. The fraction of sp³-hybridized carbons (Fsp3) is 0.769. The van der Waals surface area contributed by atoms with Crippen LogP contribution in [0.2, 0.25) is 0 Å². The molecule has 110 valence electrons. The van der Waals surface area contributed by atoms with Gasteiger partial charge >= 0.3 is 0 Å². The highest BCUT2D eigenvalue weighted by molar-refractivity contribution is 7.89. The van der Waals surface area contributed by atoms with Gasteiger partial charge in [-0.15, -0.1) is 0 Å². The summed E-state index contributed by atoms with van der Waals surface area (Å²) in [6, 6.07) is 0.104. The molecule has 0 amide bonds. The van der Waals surface area contributed by atoms with E-state index in [-0.39, 0.29) is 23.2 Å². The zero-order chi connectivity index (χ0) is 14.1. The second kappa shape index (κ2) is 4.05. The Bertz CT molecular complexity index is 638. The van der Waals surface area contributed by atoms with Crippen molar-refractivity contribution in [3.8, 4) is 0 Å². The summed E-state index contributed by atoms with van der Waals surface area (Å²) < 4.78 is 27.9. The quantitative estimate of drug-likeness (QED) is 0.755. The smallest absolute Gasteiger partial charge is 0.244 e. The molecular weight excluding hydrogens is 278 g/mol. The maximum atomic E-state index is 12.5. The molecule has 3 saturated carbocycles. The predicted molar refractivity (Wildman–Crippen MR) is 71.2 cm³/mol. The summed E-state index contributed by atoms with van der Waals surface area (Å²) in [4.78, 5) is 0.123. The minimum absolute atomic E-state index is 0.104. The van der Waals surface area contributed by atoms with E-state index in [4.69, 9.17) is 0 Å². The van der Waals surface area contributed by atoms with Gasteiger partial charge in [-0.05, 0) is 49.9 Å². The second-order valence-electron chi connectivity index (χ2n) is 6.42. The monoisotopic (exact) mass is 297 g/mol. The van der Waals surface area contributed by atoms with Gasteiger partial charge in [0, 0.05) is 6.04 Å².